The molecule has 0 bridgehead atoms. The van der Waals surface area contributed by atoms with Crippen molar-refractivity contribution in [3.05, 3.63) is 120 Å². The molecule has 0 saturated carbocycles. The van der Waals surface area contributed by atoms with Gasteiger partial charge in [0.2, 0.25) is 0 Å². The van der Waals surface area contributed by atoms with Crippen molar-refractivity contribution < 1.29 is 9.90 Å². The Morgan fingerprint density at radius 1 is 0.878 bits per heavy atom. The summed E-state index contributed by atoms with van der Waals surface area (Å²) in [5.74, 6) is 1.09. The van der Waals surface area contributed by atoms with E-state index in [1.165, 1.54) is 0 Å². The van der Waals surface area contributed by atoms with Gasteiger partial charge in [0, 0.05) is 24.0 Å². The molecule has 0 aliphatic rings. The fraction of sp³-hybridized carbons (Fsp3) is 0.0909. The molecular weight excluding hydrogens is 512 g/mol. The van der Waals surface area contributed by atoms with Crippen LogP contribution in [-0.2, 0) is 13.0 Å². The lowest BCUT2D eigenvalue weighted by Gasteiger charge is -2.12. The SMILES string of the molecule is Nc1ncccc1-c1nc2ccc(-c3ccccc3)nc2n1-c1ccc(CNCCc2ccc(O)c(C=O)c2)cc1. The molecule has 202 valence electrons. The number of nitrogens with zero attached hydrogens (tertiary/aromatic N) is 4. The molecule has 0 atom stereocenters. The van der Waals surface area contributed by atoms with Crippen molar-refractivity contribution in [2.24, 2.45) is 0 Å². The number of pyridine rings is 2. The van der Waals surface area contributed by atoms with E-state index in [1.807, 2.05) is 65.2 Å². The fourth-order valence-corrected chi connectivity index (χ4v) is 4.84. The Kier molecular flexibility index (Phi) is 7.21. The number of phenolic OH excluding ortho intramolecular Hbond substituents is 1. The first-order chi connectivity index (χ1) is 20.1. The predicted octanol–water partition coefficient (Wildman–Crippen LogP) is 5.58. The maximum atomic E-state index is 11.1. The molecule has 0 saturated heterocycles. The maximum Gasteiger partial charge on any atom is 0.165 e. The highest BCUT2D eigenvalue weighted by Gasteiger charge is 2.18. The number of aromatic hydroxyl groups is 1. The fourth-order valence-electron chi connectivity index (χ4n) is 4.84. The third-order valence-electron chi connectivity index (χ3n) is 6.99. The first-order valence-corrected chi connectivity index (χ1v) is 13.3. The van der Waals surface area contributed by atoms with E-state index in [4.69, 9.17) is 15.7 Å². The van der Waals surface area contributed by atoms with Gasteiger partial charge in [0.05, 0.1) is 16.8 Å². The van der Waals surface area contributed by atoms with E-state index in [9.17, 15) is 9.90 Å². The quantitative estimate of drug-likeness (QED) is 0.162. The zero-order valence-electron chi connectivity index (χ0n) is 22.2. The number of hydrogen-bond donors (Lipinski definition) is 3. The average Bonchev–Trinajstić information content (AvgIpc) is 3.39. The Balaban J connectivity index is 1.28. The first kappa shape index (κ1) is 25.9. The van der Waals surface area contributed by atoms with Gasteiger partial charge in [0.15, 0.2) is 17.8 Å². The van der Waals surface area contributed by atoms with E-state index in [-0.39, 0.29) is 5.75 Å². The van der Waals surface area contributed by atoms with Crippen molar-refractivity contribution in [3.63, 3.8) is 0 Å². The Hall–Kier alpha value is -5.34. The van der Waals surface area contributed by atoms with Crippen LogP contribution in [0.5, 0.6) is 5.75 Å². The molecule has 3 aromatic heterocycles. The highest BCUT2D eigenvalue weighted by Crippen LogP contribution is 2.31. The second kappa shape index (κ2) is 11.4. The summed E-state index contributed by atoms with van der Waals surface area (Å²) >= 11 is 0. The Morgan fingerprint density at radius 2 is 1.68 bits per heavy atom. The van der Waals surface area contributed by atoms with Gasteiger partial charge in [-0.15, -0.1) is 0 Å². The van der Waals surface area contributed by atoms with Gasteiger partial charge in [-0.3, -0.25) is 9.36 Å². The molecule has 8 heteroatoms. The molecule has 0 aliphatic carbocycles. The molecule has 0 radical (unpaired) electrons. The summed E-state index contributed by atoms with van der Waals surface area (Å²) in [4.78, 5) is 25.3. The van der Waals surface area contributed by atoms with Gasteiger partial charge < -0.3 is 16.2 Å². The van der Waals surface area contributed by atoms with E-state index >= 15 is 0 Å². The van der Waals surface area contributed by atoms with Gasteiger partial charge >= 0.3 is 0 Å². The third kappa shape index (κ3) is 5.41. The summed E-state index contributed by atoms with van der Waals surface area (Å²) in [6, 6.07) is 31.2. The molecule has 6 rings (SSSR count). The van der Waals surface area contributed by atoms with E-state index in [0.29, 0.717) is 30.0 Å². The van der Waals surface area contributed by atoms with Crippen LogP contribution < -0.4 is 11.1 Å². The molecule has 0 amide bonds. The van der Waals surface area contributed by atoms with Crippen LogP contribution in [0.15, 0.2) is 103 Å². The molecule has 41 heavy (non-hydrogen) atoms. The molecule has 0 aliphatic heterocycles. The number of hydrogen-bond acceptors (Lipinski definition) is 7. The molecule has 0 unspecified atom stereocenters. The number of rotatable bonds is 9. The van der Waals surface area contributed by atoms with Crippen LogP contribution in [0, 0.1) is 0 Å². The lowest BCUT2D eigenvalue weighted by Crippen LogP contribution is -2.16. The van der Waals surface area contributed by atoms with Crippen LogP contribution in [0.4, 0.5) is 5.82 Å². The van der Waals surface area contributed by atoms with Crippen LogP contribution in [0.3, 0.4) is 0 Å². The molecular formula is C33H28N6O2. The summed E-state index contributed by atoms with van der Waals surface area (Å²) < 4.78 is 2.03. The van der Waals surface area contributed by atoms with Crippen molar-refractivity contribution in [1.29, 1.82) is 0 Å². The predicted molar refractivity (Wildman–Crippen MR) is 161 cm³/mol. The summed E-state index contributed by atoms with van der Waals surface area (Å²) in [6.07, 6.45) is 3.08. The molecule has 0 spiro atoms. The van der Waals surface area contributed by atoms with Crippen LogP contribution in [0.1, 0.15) is 21.5 Å². The third-order valence-corrected chi connectivity index (χ3v) is 6.99. The van der Waals surface area contributed by atoms with Gasteiger partial charge in [-0.25, -0.2) is 15.0 Å². The van der Waals surface area contributed by atoms with Crippen LogP contribution >= 0.6 is 0 Å². The zero-order chi connectivity index (χ0) is 28.2. The largest absolute Gasteiger partial charge is 0.507 e. The standard InChI is InChI=1S/C33H28N6O2/c34-31-27(7-4-17-36-31)32-38-29-14-13-28(24-5-2-1-3-6-24)37-33(29)39(32)26-11-8-23(9-12-26)20-35-18-16-22-10-15-30(41)25(19-22)21-40/h1-15,17,19,21,35,41H,16,18,20H2,(H2,34,36). The molecule has 6 aromatic rings. The normalized spacial score (nSPS) is 11.1. The Labute approximate surface area is 237 Å². The molecule has 3 heterocycles. The number of aldehydes is 1. The summed E-state index contributed by atoms with van der Waals surface area (Å²) in [7, 11) is 0. The number of nitrogens with two attached hydrogens (primary N) is 1. The number of benzene rings is 3. The monoisotopic (exact) mass is 540 g/mol. The summed E-state index contributed by atoms with van der Waals surface area (Å²) in [5, 5.41) is 13.1. The highest BCUT2D eigenvalue weighted by atomic mass is 16.3. The van der Waals surface area contributed by atoms with Gasteiger partial charge in [-0.2, -0.15) is 0 Å². The Morgan fingerprint density at radius 3 is 2.46 bits per heavy atom. The van der Waals surface area contributed by atoms with Crippen LogP contribution in [0.25, 0.3) is 39.5 Å². The number of imidazole rings is 1. The second-order valence-electron chi connectivity index (χ2n) is 9.72. The number of carbonyl (C=O) groups excluding carboxylic acids is 1. The number of aromatic nitrogens is 4. The number of phenols is 1. The van der Waals surface area contributed by atoms with E-state index in [1.54, 1.807) is 18.3 Å². The van der Waals surface area contributed by atoms with Crippen molar-refractivity contribution in [2.45, 2.75) is 13.0 Å². The molecule has 4 N–H and O–H groups in total. The lowest BCUT2D eigenvalue weighted by molar-refractivity contribution is 0.112. The average molecular weight is 541 g/mol. The smallest absolute Gasteiger partial charge is 0.165 e. The van der Waals surface area contributed by atoms with Gasteiger partial charge in [0.1, 0.15) is 17.1 Å². The molecule has 3 aromatic carbocycles. The highest BCUT2D eigenvalue weighted by molar-refractivity contribution is 5.84. The second-order valence-corrected chi connectivity index (χ2v) is 9.72. The van der Waals surface area contributed by atoms with Crippen molar-refractivity contribution in [1.82, 2.24) is 24.8 Å². The molecule has 0 fully saturated rings. The summed E-state index contributed by atoms with van der Waals surface area (Å²) in [6.45, 7) is 1.41. The maximum absolute atomic E-state index is 11.1. The minimum atomic E-state index is 0.00308. The summed E-state index contributed by atoms with van der Waals surface area (Å²) in [5.41, 5.74) is 13.7. The van der Waals surface area contributed by atoms with E-state index in [0.717, 1.165) is 57.8 Å². The first-order valence-electron chi connectivity index (χ1n) is 13.3. The minimum Gasteiger partial charge on any atom is -0.507 e. The van der Waals surface area contributed by atoms with Gasteiger partial charge in [-0.1, -0.05) is 48.5 Å². The van der Waals surface area contributed by atoms with E-state index < -0.39 is 0 Å². The van der Waals surface area contributed by atoms with Crippen LogP contribution in [-0.4, -0.2) is 37.5 Å². The van der Waals surface area contributed by atoms with Crippen LogP contribution in [0.2, 0.25) is 0 Å². The topological polar surface area (TPSA) is 119 Å². The zero-order valence-corrected chi connectivity index (χ0v) is 22.2. The number of fused-ring (bicyclic) bond motifs is 1. The van der Waals surface area contributed by atoms with Gasteiger partial charge in [0.25, 0.3) is 0 Å². The van der Waals surface area contributed by atoms with E-state index in [2.05, 4.69) is 34.6 Å². The van der Waals surface area contributed by atoms with Crippen molar-refractivity contribution >= 4 is 23.3 Å². The minimum absolute atomic E-state index is 0.00308. The molecule has 8 nitrogen and oxygen atoms in total. The Bertz CT molecular complexity index is 1830. The number of nitrogen functional groups attached to an aromatic ring is 1. The number of carbonyl (C=O) groups is 1. The number of nitrogens with one attached hydrogen (secondary N) is 1. The van der Waals surface area contributed by atoms with Gasteiger partial charge in [-0.05, 0) is 72.6 Å². The van der Waals surface area contributed by atoms with Crippen molar-refractivity contribution in [3.8, 4) is 34.1 Å². The van der Waals surface area contributed by atoms with Crippen molar-refractivity contribution in [2.75, 3.05) is 12.3 Å². The number of anilines is 1. The lowest BCUT2D eigenvalue weighted by atomic mass is 10.1.